The van der Waals surface area contributed by atoms with Crippen molar-refractivity contribution in [3.8, 4) is 11.5 Å². The van der Waals surface area contributed by atoms with Crippen LogP contribution < -0.4 is 9.47 Å². The van der Waals surface area contributed by atoms with Crippen LogP contribution in [-0.2, 0) is 0 Å². The second kappa shape index (κ2) is 6.44. The van der Waals surface area contributed by atoms with E-state index in [1.807, 2.05) is 12.1 Å². The molecule has 1 fully saturated rings. The van der Waals surface area contributed by atoms with Crippen molar-refractivity contribution in [2.24, 2.45) is 5.41 Å². The molecule has 1 aromatic carbocycles. The van der Waals surface area contributed by atoms with Gasteiger partial charge in [-0.15, -0.1) is 11.6 Å². The number of methoxy groups -OCH3 is 2. The summed E-state index contributed by atoms with van der Waals surface area (Å²) >= 11 is 13.1. The molecular weight excluding hydrogens is 295 g/mol. The molecule has 1 aromatic rings. The van der Waals surface area contributed by atoms with Gasteiger partial charge in [-0.1, -0.05) is 43.9 Å². The average Bonchev–Trinajstić information content (AvgIpc) is 2.47. The summed E-state index contributed by atoms with van der Waals surface area (Å²) in [5, 5.41) is 0.402. The van der Waals surface area contributed by atoms with Gasteiger partial charge in [0.1, 0.15) is 16.5 Å². The van der Waals surface area contributed by atoms with Gasteiger partial charge in [-0.05, 0) is 24.3 Å². The van der Waals surface area contributed by atoms with Crippen LogP contribution in [-0.4, -0.2) is 14.2 Å². The lowest BCUT2D eigenvalue weighted by molar-refractivity contribution is 0.204. The van der Waals surface area contributed by atoms with Crippen molar-refractivity contribution >= 4 is 23.2 Å². The fraction of sp³-hybridized carbons (Fsp3) is 0.625. The number of alkyl halides is 1. The Bertz CT molecular complexity index is 468. The molecule has 1 aliphatic rings. The maximum absolute atomic E-state index is 6.80. The highest BCUT2D eigenvalue weighted by molar-refractivity contribution is 6.34. The summed E-state index contributed by atoms with van der Waals surface area (Å²) < 4.78 is 10.7. The van der Waals surface area contributed by atoms with E-state index in [-0.39, 0.29) is 10.8 Å². The van der Waals surface area contributed by atoms with E-state index in [0.29, 0.717) is 16.5 Å². The SMILES string of the molecule is COc1ccc(C(Cl)C2(C)CCCCC2)c(OC)c1Cl. The number of halogens is 2. The van der Waals surface area contributed by atoms with Gasteiger partial charge < -0.3 is 9.47 Å². The van der Waals surface area contributed by atoms with Gasteiger partial charge in [-0.2, -0.15) is 0 Å². The first kappa shape index (κ1) is 15.8. The molecule has 1 aliphatic carbocycles. The second-order valence-corrected chi connectivity index (χ2v) is 6.60. The van der Waals surface area contributed by atoms with Crippen molar-refractivity contribution in [2.75, 3.05) is 14.2 Å². The van der Waals surface area contributed by atoms with Crippen LogP contribution in [0.2, 0.25) is 5.02 Å². The van der Waals surface area contributed by atoms with E-state index in [0.717, 1.165) is 18.4 Å². The zero-order valence-electron chi connectivity index (χ0n) is 12.3. The molecule has 0 heterocycles. The van der Waals surface area contributed by atoms with Crippen molar-refractivity contribution in [1.82, 2.24) is 0 Å². The van der Waals surface area contributed by atoms with Crippen molar-refractivity contribution in [3.63, 3.8) is 0 Å². The van der Waals surface area contributed by atoms with E-state index in [9.17, 15) is 0 Å². The molecule has 1 saturated carbocycles. The molecule has 4 heteroatoms. The van der Waals surface area contributed by atoms with Crippen molar-refractivity contribution in [2.45, 2.75) is 44.4 Å². The van der Waals surface area contributed by atoms with Crippen LogP contribution in [0.25, 0.3) is 0 Å². The normalized spacial score (nSPS) is 19.4. The number of ether oxygens (including phenoxy) is 2. The lowest BCUT2D eigenvalue weighted by atomic mass is 9.71. The third-order valence-electron chi connectivity index (χ3n) is 4.40. The number of hydrogen-bond acceptors (Lipinski definition) is 2. The Balaban J connectivity index is 2.38. The van der Waals surface area contributed by atoms with Gasteiger partial charge in [-0.25, -0.2) is 0 Å². The second-order valence-electron chi connectivity index (χ2n) is 5.78. The lowest BCUT2D eigenvalue weighted by Gasteiger charge is -2.38. The smallest absolute Gasteiger partial charge is 0.145 e. The monoisotopic (exact) mass is 316 g/mol. The molecular formula is C16H22Cl2O2. The minimum atomic E-state index is -0.0962. The molecule has 0 saturated heterocycles. The summed E-state index contributed by atoms with van der Waals surface area (Å²) in [5.74, 6) is 1.25. The summed E-state index contributed by atoms with van der Waals surface area (Å²) in [6.45, 7) is 2.27. The molecule has 0 N–H and O–H groups in total. The van der Waals surface area contributed by atoms with Crippen LogP contribution >= 0.6 is 23.2 Å². The lowest BCUT2D eigenvalue weighted by Crippen LogP contribution is -2.25. The Morgan fingerprint density at radius 3 is 2.30 bits per heavy atom. The number of rotatable bonds is 4. The third kappa shape index (κ3) is 2.87. The number of hydrogen-bond donors (Lipinski definition) is 0. The van der Waals surface area contributed by atoms with Gasteiger partial charge >= 0.3 is 0 Å². The highest BCUT2D eigenvalue weighted by atomic mass is 35.5. The zero-order chi connectivity index (χ0) is 14.8. The maximum atomic E-state index is 6.80. The summed E-state index contributed by atoms with van der Waals surface area (Å²) in [4.78, 5) is 0. The fourth-order valence-corrected chi connectivity index (χ4v) is 3.82. The molecule has 0 amide bonds. The largest absolute Gasteiger partial charge is 0.495 e. The maximum Gasteiger partial charge on any atom is 0.145 e. The van der Waals surface area contributed by atoms with E-state index in [2.05, 4.69) is 6.92 Å². The van der Waals surface area contributed by atoms with Gasteiger partial charge in [0.25, 0.3) is 0 Å². The van der Waals surface area contributed by atoms with E-state index in [4.69, 9.17) is 32.7 Å². The van der Waals surface area contributed by atoms with Crippen molar-refractivity contribution in [3.05, 3.63) is 22.7 Å². The van der Waals surface area contributed by atoms with Crippen LogP contribution in [0.4, 0.5) is 0 Å². The summed E-state index contributed by atoms with van der Waals surface area (Å²) in [6, 6.07) is 3.84. The first-order chi connectivity index (χ1) is 9.53. The van der Waals surface area contributed by atoms with Crippen LogP contribution in [0.1, 0.15) is 50.0 Å². The first-order valence-corrected chi connectivity index (χ1v) is 7.89. The minimum absolute atomic E-state index is 0.0962. The molecule has 0 aliphatic heterocycles. The minimum Gasteiger partial charge on any atom is -0.495 e. The van der Waals surface area contributed by atoms with Gasteiger partial charge in [0.15, 0.2) is 0 Å². The molecule has 20 heavy (non-hydrogen) atoms. The van der Waals surface area contributed by atoms with E-state index in [1.165, 1.54) is 19.3 Å². The summed E-state index contributed by atoms with van der Waals surface area (Å²) in [5.41, 5.74) is 1.06. The quantitative estimate of drug-likeness (QED) is 0.672. The van der Waals surface area contributed by atoms with Gasteiger partial charge in [0, 0.05) is 5.56 Å². The van der Waals surface area contributed by atoms with Crippen LogP contribution in [0.5, 0.6) is 11.5 Å². The zero-order valence-corrected chi connectivity index (χ0v) is 13.9. The van der Waals surface area contributed by atoms with Crippen LogP contribution in [0.3, 0.4) is 0 Å². The molecule has 2 nitrogen and oxygen atoms in total. The van der Waals surface area contributed by atoms with Gasteiger partial charge in [0.05, 0.1) is 19.6 Å². The number of benzene rings is 1. The topological polar surface area (TPSA) is 18.5 Å². The predicted molar refractivity (Wildman–Crippen MR) is 84.3 cm³/mol. The van der Waals surface area contributed by atoms with E-state index < -0.39 is 0 Å². The molecule has 0 radical (unpaired) electrons. The van der Waals surface area contributed by atoms with Crippen molar-refractivity contribution < 1.29 is 9.47 Å². The van der Waals surface area contributed by atoms with Crippen LogP contribution in [0, 0.1) is 5.41 Å². The van der Waals surface area contributed by atoms with E-state index >= 15 is 0 Å². The first-order valence-electron chi connectivity index (χ1n) is 7.08. The molecule has 112 valence electrons. The molecule has 0 bridgehead atoms. The van der Waals surface area contributed by atoms with Crippen molar-refractivity contribution in [1.29, 1.82) is 0 Å². The Hall–Kier alpha value is -0.600. The molecule has 0 spiro atoms. The predicted octanol–water partition coefficient (Wildman–Crippen LogP) is 5.61. The van der Waals surface area contributed by atoms with Crippen LogP contribution in [0.15, 0.2) is 12.1 Å². The Kier molecular flexibility index (Phi) is 5.09. The fourth-order valence-electron chi connectivity index (χ4n) is 3.11. The Morgan fingerprint density at radius 1 is 1.10 bits per heavy atom. The Morgan fingerprint density at radius 2 is 1.75 bits per heavy atom. The highest BCUT2D eigenvalue weighted by Crippen LogP contribution is 2.53. The highest BCUT2D eigenvalue weighted by Gasteiger charge is 2.37. The molecule has 1 atom stereocenters. The third-order valence-corrected chi connectivity index (χ3v) is 5.52. The molecule has 1 unspecified atom stereocenters. The summed E-state index contributed by atoms with van der Waals surface area (Å²) in [6.07, 6.45) is 6.08. The van der Waals surface area contributed by atoms with Gasteiger partial charge in [-0.3, -0.25) is 0 Å². The molecule has 2 rings (SSSR count). The average molecular weight is 317 g/mol. The molecule has 0 aromatic heterocycles. The van der Waals surface area contributed by atoms with E-state index in [1.54, 1.807) is 14.2 Å². The summed E-state index contributed by atoms with van der Waals surface area (Å²) in [7, 11) is 3.22. The standard InChI is InChI=1S/C16H22Cl2O2/c1-16(9-5-4-6-10-16)15(18)11-7-8-12(19-2)13(17)14(11)20-3/h7-8,15H,4-6,9-10H2,1-3H3. The van der Waals surface area contributed by atoms with Gasteiger partial charge in [0.2, 0.25) is 0 Å². The Labute approximate surface area is 131 Å².